The topological polar surface area (TPSA) is 47.3 Å². The van der Waals surface area contributed by atoms with Gasteiger partial charge in [-0.1, -0.05) is 29.9 Å². The molecule has 2 rings (SSSR count). The summed E-state index contributed by atoms with van der Waals surface area (Å²) < 4.78 is 18.9. The van der Waals surface area contributed by atoms with E-state index in [2.05, 4.69) is 5.32 Å². The lowest BCUT2D eigenvalue weighted by Crippen LogP contribution is -2.14. The zero-order chi connectivity index (χ0) is 14.7. The highest BCUT2D eigenvalue weighted by Crippen LogP contribution is 2.31. The van der Waals surface area contributed by atoms with E-state index >= 15 is 0 Å². The van der Waals surface area contributed by atoms with Crippen molar-refractivity contribution in [1.29, 1.82) is 0 Å². The van der Waals surface area contributed by atoms with Crippen LogP contribution in [0.3, 0.4) is 0 Å². The van der Waals surface area contributed by atoms with E-state index in [4.69, 9.17) is 34.3 Å². The molecule has 0 saturated heterocycles. The lowest BCUT2D eigenvalue weighted by molar-refractivity contribution is 0.415. The van der Waals surface area contributed by atoms with Crippen LogP contribution in [-0.2, 0) is 0 Å². The molecule has 0 aromatic heterocycles. The van der Waals surface area contributed by atoms with E-state index in [1.54, 1.807) is 37.4 Å². The van der Waals surface area contributed by atoms with E-state index in [0.717, 1.165) is 0 Å². The minimum absolute atomic E-state index is 0.0235. The Hall–Kier alpha value is -1.85. The van der Waals surface area contributed by atoms with Crippen LogP contribution in [0.15, 0.2) is 36.4 Å². The molecule has 0 heterocycles. The number of hydrogen-bond donors (Lipinski definition) is 2. The molecule has 104 valence electrons. The molecular weight excluding hydrogens is 299 g/mol. The first-order valence-electron chi connectivity index (χ1n) is 5.72. The molecule has 0 unspecified atom stereocenters. The molecule has 0 amide bonds. The molecule has 0 bridgehead atoms. The molecule has 20 heavy (non-hydrogen) atoms. The number of rotatable bonds is 4. The summed E-state index contributed by atoms with van der Waals surface area (Å²) in [6.07, 6.45) is 0. The van der Waals surface area contributed by atoms with Gasteiger partial charge in [-0.3, -0.25) is 0 Å². The van der Waals surface area contributed by atoms with Crippen molar-refractivity contribution in [2.75, 3.05) is 12.4 Å². The molecule has 2 aromatic rings. The van der Waals surface area contributed by atoms with Gasteiger partial charge in [-0.25, -0.2) is 4.39 Å². The third-order valence-electron chi connectivity index (χ3n) is 2.70. The average Bonchev–Trinajstić information content (AvgIpc) is 2.41. The molecule has 0 radical (unpaired) electrons. The van der Waals surface area contributed by atoms with Gasteiger partial charge in [0.15, 0.2) is 0 Å². The lowest BCUT2D eigenvalue weighted by Gasteiger charge is -2.14. The largest absolute Gasteiger partial charge is 0.497 e. The van der Waals surface area contributed by atoms with Crippen molar-refractivity contribution in [3.63, 3.8) is 0 Å². The summed E-state index contributed by atoms with van der Waals surface area (Å²) in [6, 6.07) is 9.65. The number of hydrogen-bond acceptors (Lipinski definition) is 3. The zero-order valence-corrected chi connectivity index (χ0v) is 12.2. The molecule has 0 fully saturated rings. The van der Waals surface area contributed by atoms with Crippen LogP contribution >= 0.6 is 23.8 Å². The van der Waals surface area contributed by atoms with Crippen LogP contribution in [0.4, 0.5) is 15.8 Å². The van der Waals surface area contributed by atoms with Gasteiger partial charge in [0.1, 0.15) is 16.6 Å². The minimum Gasteiger partial charge on any atom is -0.497 e. The van der Waals surface area contributed by atoms with Crippen LogP contribution in [0.25, 0.3) is 0 Å². The summed E-state index contributed by atoms with van der Waals surface area (Å²) in [4.78, 5) is -0.0235. The van der Waals surface area contributed by atoms with Crippen LogP contribution in [0, 0.1) is 5.82 Å². The average molecular weight is 311 g/mol. The van der Waals surface area contributed by atoms with Crippen molar-refractivity contribution in [2.24, 2.45) is 5.73 Å². The maximum atomic E-state index is 13.8. The van der Waals surface area contributed by atoms with Crippen LogP contribution in [0.1, 0.15) is 5.56 Å². The first kappa shape index (κ1) is 14.6. The SMILES string of the molecule is COc1ccc(Cl)c(Nc2cccc(F)c2C(N)=S)c1. The van der Waals surface area contributed by atoms with Crippen molar-refractivity contribution in [1.82, 2.24) is 0 Å². The van der Waals surface area contributed by atoms with E-state index in [9.17, 15) is 4.39 Å². The Balaban J connectivity index is 2.45. The Morgan fingerprint density at radius 2 is 2.05 bits per heavy atom. The van der Waals surface area contributed by atoms with Crippen LogP contribution in [0.2, 0.25) is 5.02 Å². The molecule has 2 aromatic carbocycles. The van der Waals surface area contributed by atoms with Gasteiger partial charge in [-0.15, -0.1) is 0 Å². The molecule has 0 aliphatic rings. The molecule has 0 aliphatic carbocycles. The maximum absolute atomic E-state index is 13.8. The Bertz CT molecular complexity index is 664. The molecule has 0 saturated carbocycles. The summed E-state index contributed by atoms with van der Waals surface area (Å²) in [7, 11) is 1.55. The van der Waals surface area contributed by atoms with Gasteiger partial charge >= 0.3 is 0 Å². The second-order valence-corrected chi connectivity index (χ2v) is 4.84. The molecular formula is C14H12ClFN2OS. The van der Waals surface area contributed by atoms with E-state index < -0.39 is 5.82 Å². The number of methoxy groups -OCH3 is 1. The fourth-order valence-electron chi connectivity index (χ4n) is 1.75. The number of thiocarbonyl (C=S) groups is 1. The van der Waals surface area contributed by atoms with E-state index in [-0.39, 0.29) is 10.6 Å². The Labute approximate surface area is 126 Å². The normalized spacial score (nSPS) is 10.2. The minimum atomic E-state index is -0.485. The second-order valence-electron chi connectivity index (χ2n) is 4.00. The van der Waals surface area contributed by atoms with Crippen molar-refractivity contribution in [3.05, 3.63) is 52.8 Å². The van der Waals surface area contributed by atoms with Crippen LogP contribution in [0.5, 0.6) is 5.75 Å². The zero-order valence-electron chi connectivity index (χ0n) is 10.6. The molecule has 0 spiro atoms. The molecule has 3 N–H and O–H groups in total. The first-order chi connectivity index (χ1) is 9.52. The van der Waals surface area contributed by atoms with Crippen molar-refractivity contribution < 1.29 is 9.13 Å². The quantitative estimate of drug-likeness (QED) is 0.842. The van der Waals surface area contributed by atoms with E-state index in [1.165, 1.54) is 6.07 Å². The van der Waals surface area contributed by atoms with Gasteiger partial charge in [-0.2, -0.15) is 0 Å². The Morgan fingerprint density at radius 3 is 2.70 bits per heavy atom. The molecule has 6 heteroatoms. The third kappa shape index (κ3) is 3.00. The molecule has 0 atom stereocenters. The van der Waals surface area contributed by atoms with Gasteiger partial charge in [-0.05, 0) is 24.3 Å². The number of halogens is 2. The van der Waals surface area contributed by atoms with Crippen molar-refractivity contribution in [2.45, 2.75) is 0 Å². The molecule has 3 nitrogen and oxygen atoms in total. The van der Waals surface area contributed by atoms with Crippen LogP contribution in [-0.4, -0.2) is 12.1 Å². The van der Waals surface area contributed by atoms with E-state index in [0.29, 0.717) is 22.1 Å². The fraction of sp³-hybridized carbons (Fsp3) is 0.0714. The Morgan fingerprint density at radius 1 is 1.30 bits per heavy atom. The number of anilines is 2. The monoisotopic (exact) mass is 310 g/mol. The number of ether oxygens (including phenoxy) is 1. The predicted molar refractivity (Wildman–Crippen MR) is 83.6 cm³/mol. The fourth-order valence-corrected chi connectivity index (χ4v) is 2.12. The van der Waals surface area contributed by atoms with Crippen molar-refractivity contribution >= 4 is 40.2 Å². The third-order valence-corrected chi connectivity index (χ3v) is 3.24. The highest BCUT2D eigenvalue weighted by Gasteiger charge is 2.12. The van der Waals surface area contributed by atoms with Gasteiger partial charge in [0.2, 0.25) is 0 Å². The van der Waals surface area contributed by atoms with Gasteiger partial charge in [0, 0.05) is 6.07 Å². The molecule has 0 aliphatic heterocycles. The highest BCUT2D eigenvalue weighted by atomic mass is 35.5. The van der Waals surface area contributed by atoms with Gasteiger partial charge in [0.25, 0.3) is 0 Å². The Kier molecular flexibility index (Phi) is 4.42. The summed E-state index contributed by atoms with van der Waals surface area (Å²) in [6.45, 7) is 0. The standard InChI is InChI=1S/C14H12ClFN2OS/c1-19-8-5-6-9(15)12(7-8)18-11-4-2-3-10(16)13(11)14(17)20/h2-7,18H,1H3,(H2,17,20). The summed E-state index contributed by atoms with van der Waals surface area (Å²) in [5.74, 6) is 0.145. The second kappa shape index (κ2) is 6.07. The lowest BCUT2D eigenvalue weighted by atomic mass is 10.1. The number of nitrogens with one attached hydrogen (secondary N) is 1. The number of benzene rings is 2. The summed E-state index contributed by atoms with van der Waals surface area (Å²) in [5, 5.41) is 3.49. The maximum Gasteiger partial charge on any atom is 0.135 e. The predicted octanol–water partition coefficient (Wildman–Crippen LogP) is 3.87. The summed E-state index contributed by atoms with van der Waals surface area (Å²) >= 11 is 11.0. The highest BCUT2D eigenvalue weighted by molar-refractivity contribution is 7.80. The first-order valence-corrected chi connectivity index (χ1v) is 6.50. The summed E-state index contributed by atoms with van der Waals surface area (Å²) in [5.41, 5.74) is 6.74. The smallest absolute Gasteiger partial charge is 0.135 e. The van der Waals surface area contributed by atoms with E-state index in [1.807, 2.05) is 0 Å². The number of nitrogens with two attached hydrogens (primary N) is 1. The van der Waals surface area contributed by atoms with Crippen molar-refractivity contribution in [3.8, 4) is 5.75 Å². The van der Waals surface area contributed by atoms with Crippen LogP contribution < -0.4 is 15.8 Å². The van der Waals surface area contributed by atoms with Gasteiger partial charge < -0.3 is 15.8 Å². The van der Waals surface area contributed by atoms with Gasteiger partial charge in [0.05, 0.1) is 29.1 Å².